The number of hydrogen-bond donors (Lipinski definition) is 2. The van der Waals surface area contributed by atoms with Crippen molar-refractivity contribution in [1.29, 1.82) is 0 Å². The molecule has 4 heteroatoms. The molecule has 0 radical (unpaired) electrons. The van der Waals surface area contributed by atoms with Gasteiger partial charge in [0.2, 0.25) is 5.91 Å². The van der Waals surface area contributed by atoms with Crippen molar-refractivity contribution in [1.82, 2.24) is 5.32 Å². The van der Waals surface area contributed by atoms with Gasteiger partial charge in [-0.25, -0.2) is 0 Å². The molecule has 0 aromatic carbocycles. The fourth-order valence-electron chi connectivity index (χ4n) is 1.64. The molecule has 0 saturated carbocycles. The fraction of sp³-hybridized carbons (Fsp3) is 0.909. The highest BCUT2D eigenvalue weighted by molar-refractivity contribution is 5.78. The molecule has 88 valence electrons. The van der Waals surface area contributed by atoms with Crippen LogP contribution in [0.3, 0.4) is 0 Å². The predicted molar refractivity (Wildman–Crippen MR) is 57.4 cm³/mol. The number of carbonyl (C=O) groups is 1. The maximum Gasteiger partial charge on any atom is 0.225 e. The van der Waals surface area contributed by atoms with E-state index in [1.165, 1.54) is 0 Å². The molecule has 2 unspecified atom stereocenters. The summed E-state index contributed by atoms with van der Waals surface area (Å²) in [5.41, 5.74) is 0. The molecule has 1 fully saturated rings. The summed E-state index contributed by atoms with van der Waals surface area (Å²) in [6.45, 7) is 4.22. The third kappa shape index (κ3) is 4.62. The number of ether oxygens (including phenoxy) is 1. The van der Waals surface area contributed by atoms with Gasteiger partial charge < -0.3 is 15.2 Å². The van der Waals surface area contributed by atoms with Crippen LogP contribution >= 0.6 is 0 Å². The van der Waals surface area contributed by atoms with Gasteiger partial charge in [0, 0.05) is 19.8 Å². The van der Waals surface area contributed by atoms with Crippen LogP contribution in [0.2, 0.25) is 0 Å². The topological polar surface area (TPSA) is 58.6 Å². The van der Waals surface area contributed by atoms with Crippen molar-refractivity contribution < 1.29 is 14.6 Å². The van der Waals surface area contributed by atoms with Crippen molar-refractivity contribution in [2.75, 3.05) is 26.4 Å². The van der Waals surface area contributed by atoms with Gasteiger partial charge in [0.05, 0.1) is 12.5 Å². The highest BCUT2D eigenvalue weighted by Crippen LogP contribution is 2.12. The maximum atomic E-state index is 11.5. The van der Waals surface area contributed by atoms with Crippen LogP contribution in [0.25, 0.3) is 0 Å². The highest BCUT2D eigenvalue weighted by atomic mass is 16.5. The number of carbonyl (C=O) groups excluding carboxylic acids is 1. The zero-order chi connectivity index (χ0) is 11.1. The summed E-state index contributed by atoms with van der Waals surface area (Å²) < 4.78 is 5.15. The van der Waals surface area contributed by atoms with Crippen LogP contribution in [0.1, 0.15) is 26.2 Å². The van der Waals surface area contributed by atoms with E-state index in [0.717, 1.165) is 19.3 Å². The van der Waals surface area contributed by atoms with E-state index < -0.39 is 0 Å². The number of nitrogens with one attached hydrogen (secondary N) is 1. The second-order valence-corrected chi connectivity index (χ2v) is 4.28. The maximum absolute atomic E-state index is 11.5. The van der Waals surface area contributed by atoms with E-state index in [1.54, 1.807) is 0 Å². The lowest BCUT2D eigenvalue weighted by Gasteiger charge is -2.10. The van der Waals surface area contributed by atoms with E-state index in [2.05, 4.69) is 5.32 Å². The highest BCUT2D eigenvalue weighted by Gasteiger charge is 2.22. The molecule has 1 aliphatic rings. The van der Waals surface area contributed by atoms with Crippen molar-refractivity contribution in [3.63, 3.8) is 0 Å². The van der Waals surface area contributed by atoms with Gasteiger partial charge in [-0.3, -0.25) is 4.79 Å². The number of amides is 1. The molecular formula is C11H21NO3. The SMILES string of the molecule is CC(CO)CCCNC(=O)C1CCOC1. The van der Waals surface area contributed by atoms with Crippen molar-refractivity contribution in [3.8, 4) is 0 Å². The van der Waals surface area contributed by atoms with Crippen LogP contribution in [0, 0.1) is 11.8 Å². The van der Waals surface area contributed by atoms with E-state index in [1.807, 2.05) is 6.92 Å². The van der Waals surface area contributed by atoms with E-state index in [-0.39, 0.29) is 18.4 Å². The van der Waals surface area contributed by atoms with Gasteiger partial charge in [0.25, 0.3) is 0 Å². The van der Waals surface area contributed by atoms with Crippen molar-refractivity contribution in [2.24, 2.45) is 11.8 Å². The largest absolute Gasteiger partial charge is 0.396 e. The molecule has 0 aromatic rings. The van der Waals surface area contributed by atoms with Crippen LogP contribution in [0.15, 0.2) is 0 Å². The first kappa shape index (κ1) is 12.5. The number of rotatable bonds is 6. The molecule has 4 nitrogen and oxygen atoms in total. The second-order valence-electron chi connectivity index (χ2n) is 4.28. The minimum Gasteiger partial charge on any atom is -0.396 e. The number of aliphatic hydroxyl groups is 1. The van der Waals surface area contributed by atoms with Crippen molar-refractivity contribution in [3.05, 3.63) is 0 Å². The zero-order valence-electron chi connectivity index (χ0n) is 9.37. The summed E-state index contributed by atoms with van der Waals surface area (Å²) in [6, 6.07) is 0. The molecule has 15 heavy (non-hydrogen) atoms. The Hall–Kier alpha value is -0.610. The fourth-order valence-corrected chi connectivity index (χ4v) is 1.64. The Labute approximate surface area is 91.0 Å². The molecule has 0 aliphatic carbocycles. The van der Waals surface area contributed by atoms with Gasteiger partial charge in [-0.15, -0.1) is 0 Å². The van der Waals surface area contributed by atoms with Gasteiger partial charge in [-0.05, 0) is 25.2 Å². The molecule has 0 spiro atoms. The first-order valence-corrected chi connectivity index (χ1v) is 5.70. The van der Waals surface area contributed by atoms with Gasteiger partial charge in [-0.1, -0.05) is 6.92 Å². The smallest absolute Gasteiger partial charge is 0.225 e. The number of aliphatic hydroxyl groups excluding tert-OH is 1. The van der Waals surface area contributed by atoms with Gasteiger partial charge in [0.15, 0.2) is 0 Å². The average Bonchev–Trinajstić information content (AvgIpc) is 2.77. The Balaban J connectivity index is 2.01. The van der Waals surface area contributed by atoms with Crippen molar-refractivity contribution in [2.45, 2.75) is 26.2 Å². The summed E-state index contributed by atoms with van der Waals surface area (Å²) >= 11 is 0. The first-order chi connectivity index (χ1) is 7.24. The Morgan fingerprint density at radius 2 is 2.47 bits per heavy atom. The molecule has 2 atom stereocenters. The molecular weight excluding hydrogens is 194 g/mol. The third-order valence-corrected chi connectivity index (χ3v) is 2.79. The van der Waals surface area contributed by atoms with Gasteiger partial charge in [0.1, 0.15) is 0 Å². The normalized spacial score (nSPS) is 22.7. The monoisotopic (exact) mass is 215 g/mol. The van der Waals surface area contributed by atoms with E-state index in [0.29, 0.717) is 25.7 Å². The minimum absolute atomic E-state index is 0.0558. The summed E-state index contributed by atoms with van der Waals surface area (Å²) in [4.78, 5) is 11.5. The first-order valence-electron chi connectivity index (χ1n) is 5.70. The Morgan fingerprint density at radius 1 is 1.67 bits per heavy atom. The van der Waals surface area contributed by atoms with E-state index >= 15 is 0 Å². The summed E-state index contributed by atoms with van der Waals surface area (Å²) in [5, 5.41) is 11.7. The van der Waals surface area contributed by atoms with Gasteiger partial charge in [-0.2, -0.15) is 0 Å². The minimum atomic E-state index is 0.0558. The van der Waals surface area contributed by atoms with E-state index in [4.69, 9.17) is 9.84 Å². The molecule has 1 aliphatic heterocycles. The number of hydrogen-bond acceptors (Lipinski definition) is 3. The van der Waals surface area contributed by atoms with Crippen LogP contribution in [-0.4, -0.2) is 37.4 Å². The summed E-state index contributed by atoms with van der Waals surface area (Å²) in [7, 11) is 0. The standard InChI is InChI=1S/C11H21NO3/c1-9(7-13)3-2-5-12-11(14)10-4-6-15-8-10/h9-10,13H,2-8H2,1H3,(H,12,14). The molecule has 1 heterocycles. The van der Waals surface area contributed by atoms with Crippen LogP contribution in [-0.2, 0) is 9.53 Å². The molecule has 1 rings (SSSR count). The molecule has 0 aromatic heterocycles. The van der Waals surface area contributed by atoms with Crippen LogP contribution in [0.5, 0.6) is 0 Å². The van der Waals surface area contributed by atoms with Crippen molar-refractivity contribution >= 4 is 5.91 Å². The Kier molecular flexibility index (Phi) is 5.65. The molecule has 1 amide bonds. The lowest BCUT2D eigenvalue weighted by Crippen LogP contribution is -2.31. The lowest BCUT2D eigenvalue weighted by molar-refractivity contribution is -0.124. The van der Waals surface area contributed by atoms with Crippen LogP contribution < -0.4 is 5.32 Å². The Morgan fingerprint density at radius 3 is 3.07 bits per heavy atom. The van der Waals surface area contributed by atoms with E-state index in [9.17, 15) is 4.79 Å². The molecule has 1 saturated heterocycles. The third-order valence-electron chi connectivity index (χ3n) is 2.79. The second kappa shape index (κ2) is 6.80. The van der Waals surface area contributed by atoms with Crippen LogP contribution in [0.4, 0.5) is 0 Å². The lowest BCUT2D eigenvalue weighted by atomic mass is 10.1. The quantitative estimate of drug-likeness (QED) is 0.636. The average molecular weight is 215 g/mol. The summed E-state index contributed by atoms with van der Waals surface area (Å²) in [5.74, 6) is 0.501. The zero-order valence-corrected chi connectivity index (χ0v) is 9.37. The predicted octanol–water partition coefficient (Wildman–Crippen LogP) is 0.548. The molecule has 0 bridgehead atoms. The van der Waals surface area contributed by atoms with Gasteiger partial charge >= 0.3 is 0 Å². The summed E-state index contributed by atoms with van der Waals surface area (Å²) in [6.07, 6.45) is 2.73. The molecule has 2 N–H and O–H groups in total. The Bertz CT molecular complexity index is 190.